The maximum atomic E-state index is 13.6. The van der Waals surface area contributed by atoms with Crippen LogP contribution in [0.2, 0.25) is 0 Å². The van der Waals surface area contributed by atoms with Gasteiger partial charge in [0.05, 0.1) is 12.7 Å². The van der Waals surface area contributed by atoms with Crippen LogP contribution in [-0.2, 0) is 0 Å². The zero-order valence-electron chi connectivity index (χ0n) is 8.84. The Morgan fingerprint density at radius 3 is 2.73 bits per heavy atom. The fourth-order valence-corrected chi connectivity index (χ4v) is 1.34. The van der Waals surface area contributed by atoms with Crippen molar-refractivity contribution in [3.63, 3.8) is 0 Å². The van der Waals surface area contributed by atoms with Gasteiger partial charge in [-0.2, -0.15) is 0 Å². The van der Waals surface area contributed by atoms with Gasteiger partial charge in [-0.3, -0.25) is 4.79 Å². The number of carbonyl (C=O) groups is 1. The molecule has 0 aromatic heterocycles. The van der Waals surface area contributed by atoms with E-state index >= 15 is 0 Å². The van der Waals surface area contributed by atoms with Gasteiger partial charge >= 0.3 is 0 Å². The highest BCUT2D eigenvalue weighted by Crippen LogP contribution is 2.26. The Morgan fingerprint density at radius 1 is 1.53 bits per heavy atom. The number of hydrogen-bond donors (Lipinski definition) is 1. The van der Waals surface area contributed by atoms with Gasteiger partial charge < -0.3 is 10.5 Å². The van der Waals surface area contributed by atoms with Crippen LogP contribution in [0.5, 0.6) is 5.75 Å². The quantitative estimate of drug-likeness (QED) is 0.771. The first kappa shape index (κ1) is 11.7. The van der Waals surface area contributed by atoms with Gasteiger partial charge in [0.2, 0.25) is 0 Å². The molecule has 3 nitrogen and oxygen atoms in total. The zero-order valence-corrected chi connectivity index (χ0v) is 8.84. The molecular formula is C11H14FNO2. The highest BCUT2D eigenvalue weighted by atomic mass is 19.1. The molecule has 0 unspecified atom stereocenters. The van der Waals surface area contributed by atoms with Gasteiger partial charge in [0.1, 0.15) is 0 Å². The third kappa shape index (κ3) is 2.33. The fraction of sp³-hybridized carbons (Fsp3) is 0.364. The third-order valence-corrected chi connectivity index (χ3v) is 2.17. The number of methoxy groups -OCH3 is 1. The van der Waals surface area contributed by atoms with Crippen molar-refractivity contribution in [2.24, 2.45) is 5.73 Å². The Balaban J connectivity index is 3.18. The van der Waals surface area contributed by atoms with E-state index in [0.29, 0.717) is 5.56 Å². The Hall–Kier alpha value is -1.42. The number of ketones is 1. The number of nitrogens with two attached hydrogens (primary N) is 1. The summed E-state index contributed by atoms with van der Waals surface area (Å²) in [5, 5.41) is 0. The van der Waals surface area contributed by atoms with Crippen LogP contribution in [0.25, 0.3) is 0 Å². The van der Waals surface area contributed by atoms with E-state index in [0.717, 1.165) is 0 Å². The number of aryl methyl sites for hydroxylation is 1. The van der Waals surface area contributed by atoms with Gasteiger partial charge in [-0.15, -0.1) is 0 Å². The SMILES string of the molecule is COc1c(C(=O)CCN)ccc(C)c1F. The van der Waals surface area contributed by atoms with Gasteiger partial charge in [-0.25, -0.2) is 4.39 Å². The van der Waals surface area contributed by atoms with E-state index in [9.17, 15) is 9.18 Å². The molecule has 82 valence electrons. The van der Waals surface area contributed by atoms with Gasteiger partial charge in [0.15, 0.2) is 17.3 Å². The predicted molar refractivity (Wildman–Crippen MR) is 55.7 cm³/mol. The molecule has 0 aliphatic carbocycles. The molecule has 15 heavy (non-hydrogen) atoms. The molecular weight excluding hydrogens is 197 g/mol. The van der Waals surface area contributed by atoms with Crippen LogP contribution in [0.3, 0.4) is 0 Å². The lowest BCUT2D eigenvalue weighted by Crippen LogP contribution is -2.10. The normalized spacial score (nSPS) is 10.1. The molecule has 0 aliphatic heterocycles. The molecule has 0 heterocycles. The molecule has 0 saturated carbocycles. The molecule has 0 atom stereocenters. The summed E-state index contributed by atoms with van der Waals surface area (Å²) in [6.07, 6.45) is 0.193. The van der Waals surface area contributed by atoms with Gasteiger partial charge in [0, 0.05) is 6.42 Å². The summed E-state index contributed by atoms with van der Waals surface area (Å²) in [7, 11) is 1.34. The summed E-state index contributed by atoms with van der Waals surface area (Å²) >= 11 is 0. The predicted octanol–water partition coefficient (Wildman–Crippen LogP) is 1.67. The lowest BCUT2D eigenvalue weighted by Gasteiger charge is -2.09. The van der Waals surface area contributed by atoms with Crippen LogP contribution in [0.4, 0.5) is 4.39 Å². The molecule has 0 saturated heterocycles. The number of Topliss-reactive ketones (excluding diaryl/α,β-unsaturated/α-hetero) is 1. The monoisotopic (exact) mass is 211 g/mol. The number of ether oxygens (including phenoxy) is 1. The fourth-order valence-electron chi connectivity index (χ4n) is 1.34. The Labute approximate surface area is 88.0 Å². The summed E-state index contributed by atoms with van der Waals surface area (Å²) < 4.78 is 18.4. The average Bonchev–Trinajstić information content (AvgIpc) is 2.22. The van der Waals surface area contributed by atoms with Gasteiger partial charge in [-0.05, 0) is 25.1 Å². The van der Waals surface area contributed by atoms with Crippen molar-refractivity contribution in [3.05, 3.63) is 29.1 Å². The number of benzene rings is 1. The molecule has 1 aromatic carbocycles. The van der Waals surface area contributed by atoms with Crippen LogP contribution in [-0.4, -0.2) is 19.4 Å². The van der Waals surface area contributed by atoms with Crippen molar-refractivity contribution in [1.82, 2.24) is 0 Å². The van der Waals surface area contributed by atoms with E-state index in [2.05, 4.69) is 0 Å². The van der Waals surface area contributed by atoms with Crippen LogP contribution in [0.15, 0.2) is 12.1 Å². The Bertz CT molecular complexity index is 377. The van der Waals surface area contributed by atoms with Crippen LogP contribution in [0.1, 0.15) is 22.3 Å². The second kappa shape index (κ2) is 4.89. The summed E-state index contributed by atoms with van der Waals surface area (Å²) in [5.74, 6) is -0.679. The third-order valence-electron chi connectivity index (χ3n) is 2.17. The molecule has 0 fully saturated rings. The summed E-state index contributed by atoms with van der Waals surface area (Å²) in [5.41, 5.74) is 5.98. The van der Waals surface area contributed by atoms with E-state index < -0.39 is 5.82 Å². The summed E-state index contributed by atoms with van der Waals surface area (Å²) in [6.45, 7) is 1.87. The Morgan fingerprint density at radius 2 is 2.20 bits per heavy atom. The first-order chi connectivity index (χ1) is 7.11. The smallest absolute Gasteiger partial charge is 0.168 e. The topological polar surface area (TPSA) is 52.3 Å². The van der Waals surface area contributed by atoms with E-state index in [-0.39, 0.29) is 30.1 Å². The van der Waals surface area contributed by atoms with Crippen LogP contribution >= 0.6 is 0 Å². The number of carbonyl (C=O) groups excluding carboxylic acids is 1. The minimum atomic E-state index is -0.486. The van der Waals surface area contributed by atoms with Crippen molar-refractivity contribution in [2.45, 2.75) is 13.3 Å². The highest BCUT2D eigenvalue weighted by Gasteiger charge is 2.16. The molecule has 0 spiro atoms. The minimum Gasteiger partial charge on any atom is -0.493 e. The maximum Gasteiger partial charge on any atom is 0.168 e. The van der Waals surface area contributed by atoms with E-state index in [1.807, 2.05) is 0 Å². The summed E-state index contributed by atoms with van der Waals surface area (Å²) in [6, 6.07) is 3.12. The largest absolute Gasteiger partial charge is 0.493 e. The van der Waals surface area contributed by atoms with E-state index in [4.69, 9.17) is 10.5 Å². The molecule has 0 aliphatic rings. The highest BCUT2D eigenvalue weighted by molar-refractivity contribution is 5.98. The molecule has 0 amide bonds. The van der Waals surface area contributed by atoms with Crippen LogP contribution < -0.4 is 10.5 Å². The molecule has 4 heteroatoms. The first-order valence-electron chi connectivity index (χ1n) is 4.68. The lowest BCUT2D eigenvalue weighted by atomic mass is 10.0. The molecule has 0 bridgehead atoms. The van der Waals surface area contributed by atoms with Crippen molar-refractivity contribution in [1.29, 1.82) is 0 Å². The first-order valence-corrected chi connectivity index (χ1v) is 4.68. The average molecular weight is 211 g/mol. The van der Waals surface area contributed by atoms with Crippen molar-refractivity contribution in [2.75, 3.05) is 13.7 Å². The number of rotatable bonds is 4. The van der Waals surface area contributed by atoms with Gasteiger partial charge in [0.25, 0.3) is 0 Å². The van der Waals surface area contributed by atoms with Crippen LogP contribution in [0, 0.1) is 12.7 Å². The van der Waals surface area contributed by atoms with Crippen molar-refractivity contribution >= 4 is 5.78 Å². The zero-order chi connectivity index (χ0) is 11.4. The van der Waals surface area contributed by atoms with E-state index in [1.165, 1.54) is 7.11 Å². The van der Waals surface area contributed by atoms with Crippen molar-refractivity contribution in [3.8, 4) is 5.75 Å². The van der Waals surface area contributed by atoms with Crippen molar-refractivity contribution < 1.29 is 13.9 Å². The second-order valence-corrected chi connectivity index (χ2v) is 3.24. The van der Waals surface area contributed by atoms with E-state index in [1.54, 1.807) is 19.1 Å². The number of halogens is 1. The second-order valence-electron chi connectivity index (χ2n) is 3.24. The Kier molecular flexibility index (Phi) is 3.80. The maximum absolute atomic E-state index is 13.6. The minimum absolute atomic E-state index is 0.00782. The standard InChI is InChI=1S/C11H14FNO2/c1-7-3-4-8(9(14)5-6-13)11(15-2)10(7)12/h3-4H,5-6,13H2,1-2H3. The molecule has 1 aromatic rings. The van der Waals surface area contributed by atoms with Gasteiger partial charge in [-0.1, -0.05) is 6.07 Å². The molecule has 2 N–H and O–H groups in total. The lowest BCUT2D eigenvalue weighted by molar-refractivity contribution is 0.0981. The number of hydrogen-bond acceptors (Lipinski definition) is 3. The summed E-state index contributed by atoms with van der Waals surface area (Å²) in [4.78, 5) is 11.6. The molecule has 1 rings (SSSR count). The molecule has 0 radical (unpaired) electrons.